The van der Waals surface area contributed by atoms with Gasteiger partial charge in [0.05, 0.1) is 0 Å². The molecule has 0 heterocycles. The van der Waals surface area contributed by atoms with Gasteiger partial charge < -0.3 is 0 Å². The van der Waals surface area contributed by atoms with Gasteiger partial charge in [0.1, 0.15) is 0 Å². The normalized spacial score (nSPS) is 104. The number of hydrogen-bond acceptors (Lipinski definition) is 0. The monoisotopic (exact) mass is 132 g/mol. The molecule has 0 saturated heterocycles. The predicted octanol–water partition coefficient (Wildman–Crippen LogP) is 1.76. The Bertz CT molecular complexity index is 240. The van der Waals surface area contributed by atoms with Crippen LogP contribution in [0.25, 0.3) is 0 Å². The van der Waals surface area contributed by atoms with Gasteiger partial charge in [-0.15, -0.1) is 0 Å². The molecule has 0 heteroatoms. The summed E-state index contributed by atoms with van der Waals surface area (Å²) in [6.45, 7) is 5.14. The van der Waals surface area contributed by atoms with Crippen molar-refractivity contribution in [2.24, 2.45) is 46.3 Å². The highest BCUT2D eigenvalue weighted by atomic mass is 15.1. The van der Waals surface area contributed by atoms with Crippen LogP contribution in [-0.4, -0.2) is 0 Å². The van der Waals surface area contributed by atoms with Crippen LogP contribution in [0, 0.1) is 46.3 Å². The third-order valence-corrected chi connectivity index (χ3v) is 6.81. The van der Waals surface area contributed by atoms with Crippen molar-refractivity contribution in [2.45, 2.75) is 13.8 Å². The van der Waals surface area contributed by atoms with Crippen LogP contribution in [0.1, 0.15) is 13.8 Å². The predicted molar refractivity (Wildman–Crippen MR) is 37.2 cm³/mol. The van der Waals surface area contributed by atoms with Crippen molar-refractivity contribution in [3.8, 4) is 0 Å². The van der Waals surface area contributed by atoms with Crippen molar-refractivity contribution < 1.29 is 0 Å². The summed E-state index contributed by atoms with van der Waals surface area (Å²) in [5, 5.41) is 0. The van der Waals surface area contributed by atoms with Crippen molar-refractivity contribution in [1.82, 2.24) is 0 Å². The van der Waals surface area contributed by atoms with Crippen LogP contribution in [0.4, 0.5) is 0 Å². The lowest BCUT2D eigenvalue weighted by Crippen LogP contribution is -3.08. The quantitative estimate of drug-likeness (QED) is 0.471. The average Bonchev–Trinajstić information content (AvgIpc) is 1.90. The molecule has 4 atom stereocenters. The van der Waals surface area contributed by atoms with Gasteiger partial charge in [-0.1, -0.05) is 13.8 Å². The molecular formula is C10H12. The molecule has 0 spiro atoms. The lowest BCUT2D eigenvalue weighted by Gasteiger charge is -3.11. The molecule has 0 aromatic heterocycles. The number of hydrogen-bond donors (Lipinski definition) is 0. The highest BCUT2D eigenvalue weighted by Gasteiger charge is 3.07. The second kappa shape index (κ2) is 0.640. The highest BCUT2D eigenvalue weighted by Crippen LogP contribution is 3.10. The standard InChI is InChI=1S/C10H12/c1-9-5-3-4-7(5)10(9,2)8(4)6(3)9/h3-8H,1-2H3. The molecule has 0 bridgehead atoms. The Kier molecular flexibility index (Phi) is 0.264. The van der Waals surface area contributed by atoms with E-state index in [2.05, 4.69) is 13.8 Å². The van der Waals surface area contributed by atoms with Crippen molar-refractivity contribution in [3.63, 3.8) is 0 Å². The molecule has 0 nitrogen and oxygen atoms in total. The van der Waals surface area contributed by atoms with Crippen molar-refractivity contribution >= 4 is 0 Å². The van der Waals surface area contributed by atoms with Crippen LogP contribution < -0.4 is 0 Å². The Morgan fingerprint density at radius 2 is 1.00 bits per heavy atom. The van der Waals surface area contributed by atoms with E-state index < -0.39 is 0 Å². The largest absolute Gasteiger partial charge is 0.0585 e. The summed E-state index contributed by atoms with van der Waals surface area (Å²) in [6, 6.07) is 0. The first kappa shape index (κ1) is 4.13. The molecule has 52 valence electrons. The van der Waals surface area contributed by atoms with Crippen LogP contribution >= 0.6 is 0 Å². The molecule has 6 saturated carbocycles. The van der Waals surface area contributed by atoms with Gasteiger partial charge in [-0.05, 0) is 46.3 Å². The second-order valence-corrected chi connectivity index (χ2v) is 5.82. The minimum Gasteiger partial charge on any atom is -0.0585 e. The van der Waals surface area contributed by atoms with Gasteiger partial charge in [-0.25, -0.2) is 0 Å². The Morgan fingerprint density at radius 1 is 0.700 bits per heavy atom. The van der Waals surface area contributed by atoms with Crippen LogP contribution in [0.15, 0.2) is 0 Å². The fourth-order valence-corrected chi connectivity index (χ4v) is 6.61. The second-order valence-electron chi connectivity index (χ2n) is 5.82. The van der Waals surface area contributed by atoms with Crippen molar-refractivity contribution in [3.05, 3.63) is 0 Å². The van der Waals surface area contributed by atoms with E-state index in [1.807, 2.05) is 0 Å². The van der Waals surface area contributed by atoms with E-state index in [1.54, 1.807) is 0 Å². The van der Waals surface area contributed by atoms with E-state index in [1.165, 1.54) is 35.5 Å². The SMILES string of the molecule is CC12C3C4C5C3C1(C)C5C42. The maximum atomic E-state index is 2.57. The lowest BCUT2D eigenvalue weighted by molar-refractivity contribution is -0.652. The summed E-state index contributed by atoms with van der Waals surface area (Å²) in [5.74, 6) is 7.55. The highest BCUT2D eigenvalue weighted by molar-refractivity contribution is 5.53. The first-order chi connectivity index (χ1) is 4.74. The average molecular weight is 132 g/mol. The molecule has 6 aliphatic rings. The molecule has 0 aromatic carbocycles. The fourth-order valence-electron chi connectivity index (χ4n) is 6.61. The maximum absolute atomic E-state index is 2.57. The van der Waals surface area contributed by atoms with Gasteiger partial charge in [0.15, 0.2) is 0 Å². The van der Waals surface area contributed by atoms with Gasteiger partial charge >= 0.3 is 0 Å². The van der Waals surface area contributed by atoms with E-state index in [9.17, 15) is 0 Å². The van der Waals surface area contributed by atoms with Gasteiger partial charge in [0.25, 0.3) is 0 Å². The van der Waals surface area contributed by atoms with Gasteiger partial charge in [-0.2, -0.15) is 0 Å². The summed E-state index contributed by atoms with van der Waals surface area (Å²) in [6.07, 6.45) is 0. The molecule has 0 radical (unpaired) electrons. The molecule has 0 aromatic rings. The van der Waals surface area contributed by atoms with Crippen LogP contribution in [-0.2, 0) is 0 Å². The Hall–Kier alpha value is 0. The molecule has 6 aliphatic carbocycles. The van der Waals surface area contributed by atoms with Gasteiger partial charge in [0.2, 0.25) is 0 Å². The van der Waals surface area contributed by atoms with E-state index in [4.69, 9.17) is 0 Å². The zero-order valence-corrected chi connectivity index (χ0v) is 6.46. The summed E-state index contributed by atoms with van der Waals surface area (Å²) >= 11 is 0. The minimum absolute atomic E-state index is 0.905. The molecule has 10 heavy (non-hydrogen) atoms. The minimum atomic E-state index is 0.905. The summed E-state index contributed by atoms with van der Waals surface area (Å²) in [5.41, 5.74) is 1.81. The molecule has 0 amide bonds. The zero-order valence-electron chi connectivity index (χ0n) is 6.46. The molecule has 0 N–H and O–H groups in total. The summed E-state index contributed by atoms with van der Waals surface area (Å²) in [4.78, 5) is 0. The Morgan fingerprint density at radius 3 is 1.20 bits per heavy atom. The first-order valence-electron chi connectivity index (χ1n) is 4.74. The van der Waals surface area contributed by atoms with E-state index >= 15 is 0 Å². The van der Waals surface area contributed by atoms with E-state index in [0.29, 0.717) is 0 Å². The van der Waals surface area contributed by atoms with Crippen LogP contribution in [0.5, 0.6) is 0 Å². The molecule has 0 aliphatic heterocycles. The van der Waals surface area contributed by atoms with Gasteiger partial charge in [0, 0.05) is 0 Å². The third-order valence-electron chi connectivity index (χ3n) is 6.81. The van der Waals surface area contributed by atoms with E-state index in [0.717, 1.165) is 10.8 Å². The maximum Gasteiger partial charge on any atom is -0.0198 e. The lowest BCUT2D eigenvalue weighted by atomic mass is 8.92. The van der Waals surface area contributed by atoms with Gasteiger partial charge in [-0.3, -0.25) is 0 Å². The molecular weight excluding hydrogens is 120 g/mol. The first-order valence-corrected chi connectivity index (χ1v) is 4.74. The van der Waals surface area contributed by atoms with Crippen LogP contribution in [0.3, 0.4) is 0 Å². The van der Waals surface area contributed by atoms with Crippen molar-refractivity contribution in [1.29, 1.82) is 0 Å². The summed E-state index contributed by atoms with van der Waals surface area (Å²) < 4.78 is 0. The van der Waals surface area contributed by atoms with E-state index in [-0.39, 0.29) is 0 Å². The zero-order chi connectivity index (χ0) is 6.46. The Balaban J connectivity index is 1.91. The smallest absolute Gasteiger partial charge is 0.0198 e. The van der Waals surface area contributed by atoms with Crippen molar-refractivity contribution in [2.75, 3.05) is 0 Å². The number of rotatable bonds is 0. The fraction of sp³-hybridized carbons (Fsp3) is 1.00. The molecule has 4 unspecified atom stereocenters. The molecule has 6 rings (SSSR count). The molecule has 6 fully saturated rings. The third kappa shape index (κ3) is 0.105. The summed E-state index contributed by atoms with van der Waals surface area (Å²) in [7, 11) is 0. The topological polar surface area (TPSA) is 0 Å². The Labute approximate surface area is 61.0 Å². The van der Waals surface area contributed by atoms with Crippen LogP contribution in [0.2, 0.25) is 0 Å².